The molecule has 1 aromatic rings. The molecule has 3 N–H and O–H groups in total. The second-order valence-electron chi connectivity index (χ2n) is 3.73. The zero-order chi connectivity index (χ0) is 14.7. The number of nitrogens with one attached hydrogen (secondary N) is 1. The fourth-order valence-electron chi connectivity index (χ4n) is 1.17. The molecule has 0 aliphatic heterocycles. The maximum Gasteiger partial charge on any atom is 0.414 e. The first-order valence-electron chi connectivity index (χ1n) is 5.89. The molecule has 0 unspecified atom stereocenters. The van der Waals surface area contributed by atoms with E-state index in [-0.39, 0.29) is 0 Å². The summed E-state index contributed by atoms with van der Waals surface area (Å²) in [5.41, 5.74) is 1.18. The average molecular weight is 288 g/mol. The van der Waals surface area contributed by atoms with Gasteiger partial charge in [-0.3, -0.25) is 0 Å². The van der Waals surface area contributed by atoms with Gasteiger partial charge in [-0.15, -0.1) is 0 Å². The Morgan fingerprint density at radius 1 is 1.21 bits per heavy atom. The summed E-state index contributed by atoms with van der Waals surface area (Å²) < 4.78 is 0. The Balaban J connectivity index is 0.000000459. The molecule has 0 saturated carbocycles. The Morgan fingerprint density at radius 3 is 2.26 bits per heavy atom. The molecular weight excluding hydrogens is 270 g/mol. The number of benzene rings is 1. The number of halogens is 1. The molecule has 0 atom stereocenters. The van der Waals surface area contributed by atoms with Gasteiger partial charge in [-0.1, -0.05) is 43.1 Å². The topological polar surface area (TPSA) is 86.6 Å². The third-order valence-electron chi connectivity index (χ3n) is 2.16. The van der Waals surface area contributed by atoms with E-state index in [1.54, 1.807) is 0 Å². The monoisotopic (exact) mass is 287 g/mol. The van der Waals surface area contributed by atoms with Gasteiger partial charge in [-0.05, 0) is 24.6 Å². The highest BCUT2D eigenvalue weighted by Gasteiger charge is 2.04. The first-order chi connectivity index (χ1) is 8.99. The maximum absolute atomic E-state index is 9.10. The Morgan fingerprint density at radius 2 is 1.79 bits per heavy atom. The average Bonchev–Trinajstić information content (AvgIpc) is 2.37. The van der Waals surface area contributed by atoms with Crippen molar-refractivity contribution in [2.24, 2.45) is 0 Å². The summed E-state index contributed by atoms with van der Waals surface area (Å²) >= 11 is 6.00. The number of rotatable bonds is 5. The SMILES string of the molecule is CCCCNCc1ccccc1Cl.O=C(O)C(=O)O. The largest absolute Gasteiger partial charge is 0.473 e. The molecule has 19 heavy (non-hydrogen) atoms. The predicted octanol–water partition coefficient (Wildman–Crippen LogP) is 2.39. The molecule has 0 fully saturated rings. The highest BCUT2D eigenvalue weighted by atomic mass is 35.5. The first kappa shape index (κ1) is 17.4. The molecule has 1 aromatic carbocycles. The summed E-state index contributed by atoms with van der Waals surface area (Å²) in [6.45, 7) is 4.14. The fourth-order valence-corrected chi connectivity index (χ4v) is 1.37. The van der Waals surface area contributed by atoms with E-state index in [4.69, 9.17) is 31.4 Å². The van der Waals surface area contributed by atoms with Crippen molar-refractivity contribution in [1.82, 2.24) is 5.32 Å². The Bertz CT molecular complexity index is 397. The second kappa shape index (κ2) is 10.3. The highest BCUT2D eigenvalue weighted by Crippen LogP contribution is 2.14. The lowest BCUT2D eigenvalue weighted by atomic mass is 10.2. The minimum atomic E-state index is -1.82. The smallest absolute Gasteiger partial charge is 0.414 e. The van der Waals surface area contributed by atoms with Crippen molar-refractivity contribution in [1.29, 1.82) is 0 Å². The van der Waals surface area contributed by atoms with E-state index in [1.165, 1.54) is 18.4 Å². The molecule has 0 spiro atoms. The number of aliphatic carboxylic acids is 2. The number of unbranched alkanes of at least 4 members (excludes halogenated alkanes) is 1. The number of carbonyl (C=O) groups is 2. The summed E-state index contributed by atoms with van der Waals surface area (Å²) in [5, 5.41) is 19.0. The van der Waals surface area contributed by atoms with Crippen molar-refractivity contribution >= 4 is 23.5 Å². The minimum absolute atomic E-state index is 0.853. The lowest BCUT2D eigenvalue weighted by Crippen LogP contribution is -2.14. The number of hydrogen-bond acceptors (Lipinski definition) is 3. The van der Waals surface area contributed by atoms with Crippen LogP contribution >= 0.6 is 11.6 Å². The molecule has 5 nitrogen and oxygen atoms in total. The van der Waals surface area contributed by atoms with Gasteiger partial charge in [-0.25, -0.2) is 9.59 Å². The summed E-state index contributed by atoms with van der Waals surface area (Å²) in [7, 11) is 0. The third-order valence-corrected chi connectivity index (χ3v) is 2.53. The van der Waals surface area contributed by atoms with Crippen LogP contribution in [0.25, 0.3) is 0 Å². The molecule has 0 aliphatic carbocycles. The van der Waals surface area contributed by atoms with Crippen LogP contribution < -0.4 is 5.32 Å². The lowest BCUT2D eigenvalue weighted by molar-refractivity contribution is -0.159. The van der Waals surface area contributed by atoms with Crippen molar-refractivity contribution in [2.75, 3.05) is 6.54 Å². The molecule has 1 rings (SSSR count). The van der Waals surface area contributed by atoms with Crippen molar-refractivity contribution < 1.29 is 19.8 Å². The minimum Gasteiger partial charge on any atom is -0.473 e. The number of hydrogen-bond donors (Lipinski definition) is 3. The van der Waals surface area contributed by atoms with Crippen molar-refractivity contribution in [2.45, 2.75) is 26.3 Å². The van der Waals surface area contributed by atoms with Gasteiger partial charge in [0.15, 0.2) is 0 Å². The van der Waals surface area contributed by atoms with Gasteiger partial charge in [-0.2, -0.15) is 0 Å². The standard InChI is InChI=1S/C11H16ClN.C2H2O4/c1-2-3-8-13-9-10-6-4-5-7-11(10)12;3-1(4)2(5)6/h4-7,13H,2-3,8-9H2,1H3;(H,3,4)(H,5,6). The van der Waals surface area contributed by atoms with E-state index in [2.05, 4.69) is 18.3 Å². The first-order valence-corrected chi connectivity index (χ1v) is 6.27. The second-order valence-corrected chi connectivity index (χ2v) is 4.14. The Kier molecular flexibility index (Phi) is 9.48. The molecule has 0 heterocycles. The fraction of sp³-hybridized carbons (Fsp3) is 0.385. The van der Waals surface area contributed by atoms with Crippen LogP contribution in [0.3, 0.4) is 0 Å². The van der Waals surface area contributed by atoms with E-state index in [0.717, 1.165) is 18.1 Å². The quantitative estimate of drug-likeness (QED) is 0.572. The van der Waals surface area contributed by atoms with Gasteiger partial charge in [0.25, 0.3) is 0 Å². The number of carboxylic acid groups (broad SMARTS) is 2. The maximum atomic E-state index is 9.10. The van der Waals surface area contributed by atoms with E-state index < -0.39 is 11.9 Å². The molecule has 0 radical (unpaired) electrons. The van der Waals surface area contributed by atoms with E-state index >= 15 is 0 Å². The lowest BCUT2D eigenvalue weighted by Gasteiger charge is -2.05. The van der Waals surface area contributed by atoms with E-state index in [1.807, 2.05) is 18.2 Å². The summed E-state index contributed by atoms with van der Waals surface area (Å²) in [4.78, 5) is 18.2. The van der Waals surface area contributed by atoms with Crippen LogP contribution in [0.1, 0.15) is 25.3 Å². The normalized spacial score (nSPS) is 9.37. The van der Waals surface area contributed by atoms with Gasteiger partial charge < -0.3 is 15.5 Å². The molecule has 6 heteroatoms. The van der Waals surface area contributed by atoms with Crippen LogP contribution in [0.5, 0.6) is 0 Å². The predicted molar refractivity (Wildman–Crippen MR) is 73.3 cm³/mol. The summed E-state index contributed by atoms with van der Waals surface area (Å²) in [6, 6.07) is 7.96. The molecule has 0 bridgehead atoms. The molecular formula is C13H18ClNO4. The van der Waals surface area contributed by atoms with Crippen LogP contribution in [-0.2, 0) is 16.1 Å². The Hall–Kier alpha value is -1.59. The van der Waals surface area contributed by atoms with E-state index in [0.29, 0.717) is 0 Å². The zero-order valence-corrected chi connectivity index (χ0v) is 11.5. The van der Waals surface area contributed by atoms with Gasteiger partial charge in [0.2, 0.25) is 0 Å². The molecule has 0 aliphatic rings. The van der Waals surface area contributed by atoms with Gasteiger partial charge >= 0.3 is 11.9 Å². The van der Waals surface area contributed by atoms with Crippen LogP contribution in [0.2, 0.25) is 5.02 Å². The van der Waals surface area contributed by atoms with Gasteiger partial charge in [0.05, 0.1) is 0 Å². The zero-order valence-electron chi connectivity index (χ0n) is 10.7. The van der Waals surface area contributed by atoms with Crippen LogP contribution in [0, 0.1) is 0 Å². The highest BCUT2D eigenvalue weighted by molar-refractivity contribution is 6.31. The van der Waals surface area contributed by atoms with Crippen molar-refractivity contribution in [3.05, 3.63) is 34.9 Å². The molecule has 0 saturated heterocycles. The van der Waals surface area contributed by atoms with Crippen molar-refractivity contribution in [3.8, 4) is 0 Å². The van der Waals surface area contributed by atoms with Crippen molar-refractivity contribution in [3.63, 3.8) is 0 Å². The Labute approximate surface area is 117 Å². The van der Waals surface area contributed by atoms with Gasteiger partial charge in [0, 0.05) is 11.6 Å². The van der Waals surface area contributed by atoms with Crippen LogP contribution in [-0.4, -0.2) is 28.7 Å². The third kappa shape index (κ3) is 9.04. The van der Waals surface area contributed by atoms with Crippen LogP contribution in [0.15, 0.2) is 24.3 Å². The molecule has 0 aromatic heterocycles. The van der Waals surface area contributed by atoms with Gasteiger partial charge in [0.1, 0.15) is 0 Å². The van der Waals surface area contributed by atoms with Crippen LogP contribution in [0.4, 0.5) is 0 Å². The summed E-state index contributed by atoms with van der Waals surface area (Å²) in [5.74, 6) is -3.65. The molecule has 0 amide bonds. The van der Waals surface area contributed by atoms with E-state index in [9.17, 15) is 0 Å². The summed E-state index contributed by atoms with van der Waals surface area (Å²) in [6.07, 6.45) is 2.46. The number of carboxylic acids is 2. The molecule has 106 valence electrons.